The summed E-state index contributed by atoms with van der Waals surface area (Å²) in [7, 11) is 0. The molecule has 0 aliphatic carbocycles. The van der Waals surface area contributed by atoms with Crippen LogP contribution < -0.4 is 16.4 Å². The minimum atomic E-state index is -1.05. The fourth-order valence-corrected chi connectivity index (χ4v) is 5.11. The van der Waals surface area contributed by atoms with Crippen LogP contribution in [0.3, 0.4) is 0 Å². The third-order valence-corrected chi connectivity index (χ3v) is 7.61. The van der Waals surface area contributed by atoms with Gasteiger partial charge in [0, 0.05) is 13.0 Å². The summed E-state index contributed by atoms with van der Waals surface area (Å²) < 4.78 is 0. The number of carbonyl (C=O) groups excluding carboxylic acids is 2. The van der Waals surface area contributed by atoms with Crippen molar-refractivity contribution in [1.29, 1.82) is 0 Å². The van der Waals surface area contributed by atoms with Gasteiger partial charge >= 0.3 is 12.0 Å². The molecule has 3 amide bonds. The number of nitrogens with one attached hydrogen (secondary N) is 2. The number of nitrogens with two attached hydrogens (primary N) is 1. The van der Waals surface area contributed by atoms with Gasteiger partial charge in [0.1, 0.15) is 6.04 Å². The van der Waals surface area contributed by atoms with Crippen LogP contribution in [0.5, 0.6) is 0 Å². The summed E-state index contributed by atoms with van der Waals surface area (Å²) in [5.74, 6) is -1.26. The number of rotatable bonds is 30. The summed E-state index contributed by atoms with van der Waals surface area (Å²) >= 11 is 0. The molecule has 230 valence electrons. The maximum Gasteiger partial charge on any atom is 0.326 e. The summed E-state index contributed by atoms with van der Waals surface area (Å²) in [6.45, 7) is 2.58. The molecule has 0 fully saturated rings. The van der Waals surface area contributed by atoms with Crippen molar-refractivity contribution in [2.45, 2.75) is 180 Å². The van der Waals surface area contributed by atoms with Crippen LogP contribution in [0.1, 0.15) is 174 Å². The molecule has 0 saturated heterocycles. The largest absolute Gasteiger partial charge is 0.480 e. The van der Waals surface area contributed by atoms with Gasteiger partial charge in [-0.05, 0) is 19.3 Å². The van der Waals surface area contributed by atoms with Gasteiger partial charge in [0.25, 0.3) is 0 Å². The number of carbonyl (C=O) groups is 3. The van der Waals surface area contributed by atoms with Crippen molar-refractivity contribution in [1.82, 2.24) is 10.6 Å². The number of amides is 3. The van der Waals surface area contributed by atoms with E-state index in [4.69, 9.17) is 5.73 Å². The van der Waals surface area contributed by atoms with Gasteiger partial charge in [0.15, 0.2) is 0 Å². The van der Waals surface area contributed by atoms with Crippen molar-refractivity contribution in [3.05, 3.63) is 0 Å². The molecule has 1 atom stereocenters. The summed E-state index contributed by atoms with van der Waals surface area (Å²) in [6, 6.07) is -1.55. The topological polar surface area (TPSA) is 122 Å². The molecule has 7 heteroatoms. The Morgan fingerprint density at radius 2 is 0.949 bits per heavy atom. The van der Waals surface area contributed by atoms with E-state index in [1.54, 1.807) is 0 Å². The monoisotopic (exact) mass is 553 g/mol. The van der Waals surface area contributed by atoms with E-state index < -0.39 is 18.0 Å². The lowest BCUT2D eigenvalue weighted by atomic mass is 10.0. The van der Waals surface area contributed by atoms with Gasteiger partial charge in [-0.3, -0.25) is 4.79 Å². The molecule has 0 aliphatic heterocycles. The highest BCUT2D eigenvalue weighted by molar-refractivity contribution is 5.83. The quantitative estimate of drug-likeness (QED) is 0.0667. The first kappa shape index (κ1) is 37.2. The third kappa shape index (κ3) is 29.0. The molecule has 0 aromatic heterocycles. The number of carboxylic acid groups (broad SMARTS) is 1. The van der Waals surface area contributed by atoms with E-state index in [2.05, 4.69) is 17.6 Å². The van der Waals surface area contributed by atoms with Gasteiger partial charge in [-0.25, -0.2) is 9.59 Å². The first-order valence-corrected chi connectivity index (χ1v) is 16.5. The Kier molecular flexibility index (Phi) is 27.9. The fourth-order valence-electron chi connectivity index (χ4n) is 5.11. The lowest BCUT2D eigenvalue weighted by Gasteiger charge is -2.14. The molecule has 0 radical (unpaired) electrons. The first-order chi connectivity index (χ1) is 19.0. The Morgan fingerprint density at radius 1 is 0.590 bits per heavy atom. The number of unbranched alkanes of at least 4 members (excludes halogenated alkanes) is 22. The average molecular weight is 554 g/mol. The molecular weight excluding hydrogens is 490 g/mol. The van der Waals surface area contributed by atoms with Gasteiger partial charge in [-0.1, -0.05) is 148 Å². The minimum Gasteiger partial charge on any atom is -0.480 e. The lowest BCUT2D eigenvalue weighted by Crippen LogP contribution is -2.41. The number of hydrogen-bond acceptors (Lipinski definition) is 3. The molecule has 0 saturated carbocycles. The van der Waals surface area contributed by atoms with Gasteiger partial charge in [-0.15, -0.1) is 0 Å². The van der Waals surface area contributed by atoms with Crippen molar-refractivity contribution in [3.63, 3.8) is 0 Å². The van der Waals surface area contributed by atoms with E-state index in [-0.39, 0.29) is 12.3 Å². The maximum atomic E-state index is 12.1. The standard InChI is InChI=1S/C32H63N3O4/c1-2-3-4-5-6-7-8-9-10-11-12-13-14-15-16-17-18-19-20-21-22-23-24-27-30(36)35-29(31(37)38)26-25-28-34-32(33)39/h29H,2-28H2,1H3,(H,35,36)(H,37,38)(H3,33,34,39)/t29-/m0/s1. The molecule has 0 aliphatic rings. The minimum absolute atomic E-state index is 0.214. The van der Waals surface area contributed by atoms with Gasteiger partial charge < -0.3 is 21.5 Å². The van der Waals surface area contributed by atoms with Crippen LogP contribution in [0, 0.1) is 0 Å². The summed E-state index contributed by atoms with van der Waals surface area (Å²) in [4.78, 5) is 34.0. The highest BCUT2D eigenvalue weighted by Crippen LogP contribution is 2.15. The smallest absolute Gasteiger partial charge is 0.326 e. The van der Waals surface area contributed by atoms with E-state index in [9.17, 15) is 19.5 Å². The molecule has 0 heterocycles. The van der Waals surface area contributed by atoms with Crippen LogP contribution in [0.2, 0.25) is 0 Å². The van der Waals surface area contributed by atoms with Crippen LogP contribution in [0.15, 0.2) is 0 Å². The zero-order chi connectivity index (χ0) is 28.8. The van der Waals surface area contributed by atoms with E-state index >= 15 is 0 Å². The molecule has 0 bridgehead atoms. The Balaban J connectivity index is 3.35. The van der Waals surface area contributed by atoms with Crippen LogP contribution >= 0.6 is 0 Å². The Bertz CT molecular complexity index is 586. The van der Waals surface area contributed by atoms with Crippen LogP contribution in [0.25, 0.3) is 0 Å². The second-order valence-corrected chi connectivity index (χ2v) is 11.4. The Labute approximate surface area is 240 Å². The fraction of sp³-hybridized carbons (Fsp3) is 0.906. The second kappa shape index (κ2) is 29.2. The van der Waals surface area contributed by atoms with Crippen LogP contribution in [-0.4, -0.2) is 35.6 Å². The molecular formula is C32H63N3O4. The van der Waals surface area contributed by atoms with Crippen LogP contribution in [0.4, 0.5) is 4.79 Å². The number of aliphatic carboxylic acids is 1. The molecule has 0 aromatic rings. The molecule has 0 unspecified atom stereocenters. The van der Waals surface area contributed by atoms with E-state index in [0.29, 0.717) is 19.4 Å². The molecule has 5 N–H and O–H groups in total. The summed E-state index contributed by atoms with van der Waals surface area (Å²) in [5, 5.41) is 14.3. The first-order valence-electron chi connectivity index (χ1n) is 16.5. The predicted octanol–water partition coefficient (Wildman–Crippen LogP) is 8.39. The average Bonchev–Trinajstić information content (AvgIpc) is 2.90. The van der Waals surface area contributed by atoms with E-state index in [1.165, 1.54) is 128 Å². The van der Waals surface area contributed by atoms with E-state index in [0.717, 1.165) is 19.3 Å². The van der Waals surface area contributed by atoms with Gasteiger partial charge in [0.05, 0.1) is 0 Å². The highest BCUT2D eigenvalue weighted by atomic mass is 16.4. The van der Waals surface area contributed by atoms with Crippen LogP contribution in [-0.2, 0) is 9.59 Å². The van der Waals surface area contributed by atoms with Crippen molar-refractivity contribution >= 4 is 17.9 Å². The molecule has 0 aromatic carbocycles. The number of carboxylic acids is 1. The SMILES string of the molecule is CCCCCCCCCCCCCCCCCCCCCCCCCC(=O)N[C@@H](CCCNC(N)=O)C(=O)O. The Hall–Kier alpha value is -1.79. The van der Waals surface area contributed by atoms with E-state index in [1.807, 2.05) is 0 Å². The Morgan fingerprint density at radius 3 is 1.28 bits per heavy atom. The number of hydrogen-bond donors (Lipinski definition) is 4. The van der Waals surface area contributed by atoms with Crippen molar-refractivity contribution in [3.8, 4) is 0 Å². The molecule has 0 spiro atoms. The third-order valence-electron chi connectivity index (χ3n) is 7.61. The molecule has 39 heavy (non-hydrogen) atoms. The normalized spacial score (nSPS) is 11.8. The van der Waals surface area contributed by atoms with Crippen molar-refractivity contribution in [2.75, 3.05) is 6.54 Å². The lowest BCUT2D eigenvalue weighted by molar-refractivity contribution is -0.142. The zero-order valence-electron chi connectivity index (χ0n) is 25.4. The number of urea groups is 1. The summed E-state index contributed by atoms with van der Waals surface area (Å²) in [6.07, 6.45) is 31.8. The summed E-state index contributed by atoms with van der Waals surface area (Å²) in [5.41, 5.74) is 4.98. The second-order valence-electron chi connectivity index (χ2n) is 11.4. The van der Waals surface area contributed by atoms with Crippen molar-refractivity contribution < 1.29 is 19.5 Å². The van der Waals surface area contributed by atoms with Gasteiger partial charge in [0.2, 0.25) is 5.91 Å². The number of primary amides is 1. The van der Waals surface area contributed by atoms with Crippen molar-refractivity contribution in [2.24, 2.45) is 5.73 Å². The zero-order valence-corrected chi connectivity index (χ0v) is 25.4. The van der Waals surface area contributed by atoms with Gasteiger partial charge in [-0.2, -0.15) is 0 Å². The maximum absolute atomic E-state index is 12.1. The molecule has 7 nitrogen and oxygen atoms in total. The highest BCUT2D eigenvalue weighted by Gasteiger charge is 2.19. The predicted molar refractivity (Wildman–Crippen MR) is 163 cm³/mol. The molecule has 0 rings (SSSR count).